The predicted molar refractivity (Wildman–Crippen MR) is 153 cm³/mol. The molecule has 2 aromatic carbocycles. The van der Waals surface area contributed by atoms with Crippen molar-refractivity contribution >= 4 is 39.7 Å². The molecular formula is C28H30F2N8O3. The molecule has 3 N–H and O–H groups in total. The molecule has 5 rings (SSSR count). The summed E-state index contributed by atoms with van der Waals surface area (Å²) in [6, 6.07) is 10.5. The van der Waals surface area contributed by atoms with Gasteiger partial charge in [0.2, 0.25) is 5.91 Å². The summed E-state index contributed by atoms with van der Waals surface area (Å²) in [4.78, 5) is 25.0. The van der Waals surface area contributed by atoms with E-state index in [9.17, 15) is 18.7 Å². The number of halogens is 2. The molecule has 0 saturated carbocycles. The summed E-state index contributed by atoms with van der Waals surface area (Å²) in [6.45, 7) is 3.49. The number of benzene rings is 2. The minimum atomic E-state index is -3.08. The van der Waals surface area contributed by atoms with Crippen LogP contribution in [0.3, 0.4) is 0 Å². The molecule has 41 heavy (non-hydrogen) atoms. The number of fused-ring (bicyclic) bond motifs is 1. The average Bonchev–Trinajstić information content (AvgIpc) is 3.34. The SMILES string of the molecule is C=CC(=O)Nc1cc(Nc2cc(-c3ccc4cnn(C)c4c3)ncn2)c(OC(F)F)cc1N1CCN(CCO)CC1. The number of aliphatic hydroxyl groups excluding tert-OH is 1. The van der Waals surface area contributed by atoms with Crippen molar-refractivity contribution in [2.24, 2.45) is 7.05 Å². The van der Waals surface area contributed by atoms with E-state index in [0.29, 0.717) is 55.6 Å². The van der Waals surface area contributed by atoms with Gasteiger partial charge in [-0.3, -0.25) is 14.4 Å². The first-order valence-corrected chi connectivity index (χ1v) is 13.0. The highest BCUT2D eigenvalue weighted by Crippen LogP contribution is 2.40. The van der Waals surface area contributed by atoms with Crippen molar-refractivity contribution in [2.75, 3.05) is 54.9 Å². The van der Waals surface area contributed by atoms with Crippen LogP contribution in [0.1, 0.15) is 0 Å². The topological polar surface area (TPSA) is 121 Å². The molecule has 1 aliphatic heterocycles. The van der Waals surface area contributed by atoms with E-state index in [0.717, 1.165) is 22.5 Å². The zero-order valence-corrected chi connectivity index (χ0v) is 22.4. The Labute approximate surface area is 235 Å². The molecule has 214 valence electrons. The Hall–Kier alpha value is -4.62. The van der Waals surface area contributed by atoms with E-state index < -0.39 is 12.5 Å². The van der Waals surface area contributed by atoms with Gasteiger partial charge in [-0.1, -0.05) is 18.7 Å². The molecule has 11 nitrogen and oxygen atoms in total. The minimum Gasteiger partial charge on any atom is -0.433 e. The first-order chi connectivity index (χ1) is 19.8. The minimum absolute atomic E-state index is 0.0517. The summed E-state index contributed by atoms with van der Waals surface area (Å²) in [5, 5.41) is 20.3. The number of amides is 1. The molecule has 0 radical (unpaired) electrons. The van der Waals surface area contributed by atoms with E-state index in [1.807, 2.05) is 30.1 Å². The summed E-state index contributed by atoms with van der Waals surface area (Å²) in [7, 11) is 1.85. The zero-order chi connectivity index (χ0) is 28.9. The maximum absolute atomic E-state index is 13.5. The lowest BCUT2D eigenvalue weighted by Gasteiger charge is -2.37. The maximum Gasteiger partial charge on any atom is 0.387 e. The number of aliphatic hydroxyl groups is 1. The van der Waals surface area contributed by atoms with Crippen LogP contribution in [0.4, 0.5) is 31.7 Å². The number of ether oxygens (including phenoxy) is 1. The van der Waals surface area contributed by atoms with Gasteiger partial charge in [0.1, 0.15) is 12.1 Å². The Balaban J connectivity index is 1.49. The number of anilines is 4. The highest BCUT2D eigenvalue weighted by atomic mass is 19.3. The van der Waals surface area contributed by atoms with Crippen LogP contribution < -0.4 is 20.3 Å². The van der Waals surface area contributed by atoms with Crippen molar-refractivity contribution < 1.29 is 23.4 Å². The second-order valence-corrected chi connectivity index (χ2v) is 9.44. The monoisotopic (exact) mass is 564 g/mol. The number of β-amino-alcohol motifs (C(OH)–C–C–N with tert-alkyl or cyclic N) is 1. The smallest absolute Gasteiger partial charge is 0.387 e. The molecular weight excluding hydrogens is 534 g/mol. The van der Waals surface area contributed by atoms with E-state index in [2.05, 4.69) is 37.2 Å². The average molecular weight is 565 g/mol. The molecule has 1 fully saturated rings. The number of hydrogen-bond acceptors (Lipinski definition) is 9. The normalized spacial score (nSPS) is 13.9. The fourth-order valence-corrected chi connectivity index (χ4v) is 4.78. The maximum atomic E-state index is 13.5. The predicted octanol–water partition coefficient (Wildman–Crippen LogP) is 3.61. The van der Waals surface area contributed by atoms with Gasteiger partial charge in [-0.05, 0) is 18.2 Å². The van der Waals surface area contributed by atoms with Crippen LogP contribution in [0.2, 0.25) is 0 Å². The van der Waals surface area contributed by atoms with Crippen molar-refractivity contribution in [3.63, 3.8) is 0 Å². The zero-order valence-electron chi connectivity index (χ0n) is 22.4. The van der Waals surface area contributed by atoms with Gasteiger partial charge in [-0.15, -0.1) is 0 Å². The van der Waals surface area contributed by atoms with Crippen molar-refractivity contribution in [2.45, 2.75) is 6.61 Å². The molecule has 3 heterocycles. The van der Waals surface area contributed by atoms with E-state index >= 15 is 0 Å². The van der Waals surface area contributed by atoms with Gasteiger partial charge in [0.15, 0.2) is 5.75 Å². The largest absolute Gasteiger partial charge is 0.433 e. The lowest BCUT2D eigenvalue weighted by Crippen LogP contribution is -2.47. The first kappa shape index (κ1) is 27.9. The van der Waals surface area contributed by atoms with Crippen LogP contribution in [-0.2, 0) is 11.8 Å². The summed E-state index contributed by atoms with van der Waals surface area (Å²) in [5.41, 5.74) is 3.46. The van der Waals surface area contributed by atoms with Gasteiger partial charge >= 0.3 is 6.61 Å². The summed E-state index contributed by atoms with van der Waals surface area (Å²) >= 11 is 0. The molecule has 0 unspecified atom stereocenters. The Kier molecular flexibility index (Phi) is 8.36. The van der Waals surface area contributed by atoms with E-state index in [-0.39, 0.29) is 18.0 Å². The molecule has 2 aromatic heterocycles. The summed E-state index contributed by atoms with van der Waals surface area (Å²) in [5.74, 6) is -0.222. The lowest BCUT2D eigenvalue weighted by molar-refractivity contribution is -0.111. The molecule has 1 amide bonds. The summed E-state index contributed by atoms with van der Waals surface area (Å²) < 4.78 is 33.7. The Morgan fingerprint density at radius 2 is 1.95 bits per heavy atom. The number of rotatable bonds is 10. The Morgan fingerprint density at radius 1 is 1.15 bits per heavy atom. The molecule has 0 aliphatic carbocycles. The van der Waals surface area contributed by atoms with Crippen LogP contribution in [-0.4, -0.2) is 81.6 Å². The van der Waals surface area contributed by atoms with Crippen LogP contribution in [0.5, 0.6) is 5.75 Å². The van der Waals surface area contributed by atoms with Crippen molar-refractivity contribution in [1.82, 2.24) is 24.6 Å². The van der Waals surface area contributed by atoms with Crippen molar-refractivity contribution in [3.05, 3.63) is 61.6 Å². The molecule has 13 heteroatoms. The fraction of sp³-hybridized carbons (Fsp3) is 0.286. The third-order valence-corrected chi connectivity index (χ3v) is 6.86. The van der Waals surface area contributed by atoms with E-state index in [1.165, 1.54) is 18.5 Å². The van der Waals surface area contributed by atoms with E-state index in [1.54, 1.807) is 16.9 Å². The molecule has 1 saturated heterocycles. The van der Waals surface area contributed by atoms with Crippen LogP contribution in [0.25, 0.3) is 22.2 Å². The van der Waals surface area contributed by atoms with E-state index in [4.69, 9.17) is 4.74 Å². The van der Waals surface area contributed by atoms with Crippen molar-refractivity contribution in [3.8, 4) is 17.0 Å². The second-order valence-electron chi connectivity index (χ2n) is 9.44. The molecule has 4 aromatic rings. The lowest BCUT2D eigenvalue weighted by atomic mass is 10.1. The fourth-order valence-electron chi connectivity index (χ4n) is 4.78. The van der Waals surface area contributed by atoms with Crippen LogP contribution in [0.15, 0.2) is 61.6 Å². The third kappa shape index (κ3) is 6.42. The number of aryl methyl sites for hydroxylation is 1. The summed E-state index contributed by atoms with van der Waals surface area (Å²) in [6.07, 6.45) is 4.28. The number of aromatic nitrogens is 4. The third-order valence-electron chi connectivity index (χ3n) is 6.86. The number of piperazine rings is 1. The number of nitrogens with zero attached hydrogens (tertiary/aromatic N) is 6. The number of nitrogens with one attached hydrogen (secondary N) is 2. The number of alkyl halides is 2. The highest BCUT2D eigenvalue weighted by molar-refractivity contribution is 6.02. The molecule has 0 atom stereocenters. The molecule has 0 bridgehead atoms. The highest BCUT2D eigenvalue weighted by Gasteiger charge is 2.23. The second kappa shape index (κ2) is 12.3. The van der Waals surface area contributed by atoms with Crippen molar-refractivity contribution in [1.29, 1.82) is 0 Å². The Bertz CT molecular complexity index is 1550. The standard InChI is InChI=1S/C28H30F2N8O3/c1-3-27(40)35-21-13-22(25(41-28(29)30)15-24(21)38-8-6-37(7-9-38)10-11-39)34-26-14-20(31-17-32-26)18-4-5-19-16-33-36(2)23(19)12-18/h3-5,12-17,28,39H,1,6-11H2,2H3,(H,35,40)(H,31,32,34). The van der Waals surface area contributed by atoms with Gasteiger partial charge in [-0.25, -0.2) is 9.97 Å². The van der Waals surface area contributed by atoms with Gasteiger partial charge in [0.25, 0.3) is 0 Å². The number of carbonyl (C=O) groups is 1. The van der Waals surface area contributed by atoms with Gasteiger partial charge in [0.05, 0.1) is 41.1 Å². The Morgan fingerprint density at radius 3 is 2.68 bits per heavy atom. The van der Waals surface area contributed by atoms with Gasteiger partial charge in [-0.2, -0.15) is 13.9 Å². The number of carbonyl (C=O) groups excluding carboxylic acids is 1. The van der Waals surface area contributed by atoms with Crippen LogP contribution >= 0.6 is 0 Å². The number of hydrogen-bond donors (Lipinski definition) is 3. The first-order valence-electron chi connectivity index (χ1n) is 13.0. The van der Waals surface area contributed by atoms with Gasteiger partial charge < -0.3 is 25.4 Å². The van der Waals surface area contributed by atoms with Crippen LogP contribution in [0, 0.1) is 0 Å². The van der Waals surface area contributed by atoms with Gasteiger partial charge in [0, 0.05) is 62.9 Å². The molecule has 0 spiro atoms. The molecule has 1 aliphatic rings. The quantitative estimate of drug-likeness (QED) is 0.248.